The first kappa shape index (κ1) is 21.0. The van der Waals surface area contributed by atoms with E-state index in [1.54, 1.807) is 7.11 Å². The van der Waals surface area contributed by atoms with E-state index < -0.39 is 0 Å². The average molecular weight is 405 g/mol. The third-order valence-corrected chi connectivity index (χ3v) is 5.67. The van der Waals surface area contributed by atoms with E-state index in [4.69, 9.17) is 21.7 Å². The molecule has 1 aliphatic heterocycles. The molecule has 6 nitrogen and oxygen atoms in total. The molecule has 1 heterocycles. The van der Waals surface area contributed by atoms with Gasteiger partial charge >= 0.3 is 0 Å². The second-order valence-corrected chi connectivity index (χ2v) is 7.94. The van der Waals surface area contributed by atoms with Crippen molar-refractivity contribution in [1.29, 1.82) is 0 Å². The number of nitrogens with zero attached hydrogens (tertiary/aromatic N) is 2. The lowest BCUT2D eigenvalue weighted by Gasteiger charge is -2.27. The van der Waals surface area contributed by atoms with Gasteiger partial charge in [-0.3, -0.25) is 10.3 Å². The van der Waals surface area contributed by atoms with Crippen molar-refractivity contribution >= 4 is 23.0 Å². The lowest BCUT2D eigenvalue weighted by molar-refractivity contribution is 0.0339. The van der Waals surface area contributed by atoms with Crippen molar-refractivity contribution in [1.82, 2.24) is 15.6 Å². The van der Waals surface area contributed by atoms with Crippen molar-refractivity contribution in [3.8, 4) is 5.75 Å². The Labute approximate surface area is 173 Å². The van der Waals surface area contributed by atoms with Gasteiger partial charge in [0.25, 0.3) is 0 Å². The summed E-state index contributed by atoms with van der Waals surface area (Å²) in [4.78, 5) is 2.39. The van der Waals surface area contributed by atoms with E-state index >= 15 is 0 Å². The molecule has 154 valence electrons. The van der Waals surface area contributed by atoms with Gasteiger partial charge in [-0.25, -0.2) is 0 Å². The number of methoxy groups -OCH3 is 1. The first-order chi connectivity index (χ1) is 13.7. The fourth-order valence-electron chi connectivity index (χ4n) is 3.79. The van der Waals surface area contributed by atoms with Crippen LogP contribution in [0.25, 0.3) is 0 Å². The molecule has 1 saturated carbocycles. The van der Waals surface area contributed by atoms with Crippen LogP contribution in [0, 0.1) is 0 Å². The number of morpholine rings is 1. The predicted molar refractivity (Wildman–Crippen MR) is 117 cm³/mol. The zero-order valence-electron chi connectivity index (χ0n) is 17.0. The van der Waals surface area contributed by atoms with E-state index in [0.29, 0.717) is 11.2 Å². The van der Waals surface area contributed by atoms with Gasteiger partial charge in [0.2, 0.25) is 0 Å². The molecule has 2 fully saturated rings. The Morgan fingerprint density at radius 3 is 2.71 bits per heavy atom. The molecule has 0 unspecified atom stereocenters. The van der Waals surface area contributed by atoms with Gasteiger partial charge in [-0.05, 0) is 55.7 Å². The Morgan fingerprint density at radius 1 is 1.25 bits per heavy atom. The number of rotatable bonds is 6. The quantitative estimate of drug-likeness (QED) is 0.432. The minimum Gasteiger partial charge on any atom is -0.496 e. The smallest absolute Gasteiger partial charge is 0.187 e. The largest absolute Gasteiger partial charge is 0.496 e. The van der Waals surface area contributed by atoms with Crippen molar-refractivity contribution in [3.63, 3.8) is 0 Å². The number of hydrazone groups is 1. The van der Waals surface area contributed by atoms with Gasteiger partial charge in [0.05, 0.1) is 26.0 Å². The standard InChI is InChI=1S/C21H32N4O2S/c1-16(23-24-21(28)22-19-6-4-3-5-7-19)17-8-9-20(26-2)18(14-17)15-25-10-12-27-13-11-25/h8-9,14,19H,3-7,10-13,15H2,1-2H3,(H2,22,24,28)/b23-16-. The van der Waals surface area contributed by atoms with Gasteiger partial charge in [-0.15, -0.1) is 0 Å². The fourth-order valence-corrected chi connectivity index (χ4v) is 4.00. The van der Waals surface area contributed by atoms with Crippen molar-refractivity contribution in [2.45, 2.75) is 51.6 Å². The third kappa shape index (κ3) is 6.15. The first-order valence-electron chi connectivity index (χ1n) is 10.2. The second kappa shape index (κ2) is 10.7. The van der Waals surface area contributed by atoms with Crippen LogP contribution in [0.2, 0.25) is 0 Å². The van der Waals surface area contributed by atoms with Crippen LogP contribution < -0.4 is 15.5 Å². The van der Waals surface area contributed by atoms with Crippen LogP contribution in [0.5, 0.6) is 5.75 Å². The minimum atomic E-state index is 0.477. The van der Waals surface area contributed by atoms with Crippen molar-refractivity contribution in [2.24, 2.45) is 5.10 Å². The molecule has 2 N–H and O–H groups in total. The van der Waals surface area contributed by atoms with E-state index in [0.717, 1.165) is 49.9 Å². The van der Waals surface area contributed by atoms with Crippen LogP contribution >= 0.6 is 12.2 Å². The summed E-state index contributed by atoms with van der Waals surface area (Å²) in [6.07, 6.45) is 6.27. The van der Waals surface area contributed by atoms with Gasteiger partial charge in [0, 0.05) is 31.2 Å². The van der Waals surface area contributed by atoms with Gasteiger partial charge in [-0.1, -0.05) is 19.3 Å². The van der Waals surface area contributed by atoms with Gasteiger partial charge in [0.15, 0.2) is 5.11 Å². The summed E-state index contributed by atoms with van der Waals surface area (Å²) in [7, 11) is 1.72. The van der Waals surface area contributed by atoms with Crippen LogP contribution in [0.1, 0.15) is 50.2 Å². The Hall–Kier alpha value is -1.70. The summed E-state index contributed by atoms with van der Waals surface area (Å²) in [6.45, 7) is 6.32. The van der Waals surface area contributed by atoms with Gasteiger partial charge in [0.1, 0.15) is 5.75 Å². The first-order valence-corrected chi connectivity index (χ1v) is 10.6. The Balaban J connectivity index is 1.61. The van der Waals surface area contributed by atoms with Crippen LogP contribution in [0.15, 0.2) is 23.3 Å². The number of hydrogen-bond donors (Lipinski definition) is 2. The Kier molecular flexibility index (Phi) is 8.06. The lowest BCUT2D eigenvalue weighted by atomic mass is 9.96. The highest BCUT2D eigenvalue weighted by Crippen LogP contribution is 2.22. The molecule has 1 aromatic carbocycles. The molecule has 0 atom stereocenters. The Bertz CT molecular complexity index is 683. The number of hydrogen-bond acceptors (Lipinski definition) is 5. The van der Waals surface area contributed by atoms with E-state index in [9.17, 15) is 0 Å². The van der Waals surface area contributed by atoms with E-state index in [2.05, 4.69) is 26.8 Å². The molecule has 1 aliphatic carbocycles. The predicted octanol–water partition coefficient (Wildman–Crippen LogP) is 3.05. The minimum absolute atomic E-state index is 0.477. The summed E-state index contributed by atoms with van der Waals surface area (Å²) in [5.74, 6) is 0.908. The molecule has 0 radical (unpaired) electrons. The van der Waals surface area contributed by atoms with Crippen molar-refractivity contribution < 1.29 is 9.47 Å². The van der Waals surface area contributed by atoms with Crippen molar-refractivity contribution in [2.75, 3.05) is 33.4 Å². The summed E-state index contributed by atoms with van der Waals surface area (Å²) in [5, 5.41) is 8.48. The highest BCUT2D eigenvalue weighted by Gasteiger charge is 2.15. The topological polar surface area (TPSA) is 58.1 Å². The normalized spacial score (nSPS) is 19.3. The van der Waals surface area contributed by atoms with E-state index in [-0.39, 0.29) is 0 Å². The molecule has 1 saturated heterocycles. The van der Waals surface area contributed by atoms with Crippen LogP contribution in [0.3, 0.4) is 0 Å². The highest BCUT2D eigenvalue weighted by atomic mass is 32.1. The maximum Gasteiger partial charge on any atom is 0.187 e. The molecule has 3 rings (SSSR count). The molecule has 0 amide bonds. The van der Waals surface area contributed by atoms with Crippen LogP contribution in [0.4, 0.5) is 0 Å². The average Bonchev–Trinajstić information content (AvgIpc) is 2.73. The number of thiocarbonyl (C=S) groups is 1. The second-order valence-electron chi connectivity index (χ2n) is 7.53. The zero-order chi connectivity index (χ0) is 19.8. The molecule has 7 heteroatoms. The molecule has 0 bridgehead atoms. The molecule has 28 heavy (non-hydrogen) atoms. The highest BCUT2D eigenvalue weighted by molar-refractivity contribution is 7.80. The third-order valence-electron chi connectivity index (χ3n) is 5.46. The van der Waals surface area contributed by atoms with E-state index in [1.807, 2.05) is 19.1 Å². The molecule has 0 aromatic heterocycles. The van der Waals surface area contributed by atoms with Crippen LogP contribution in [-0.2, 0) is 11.3 Å². The molecule has 0 spiro atoms. The fraction of sp³-hybridized carbons (Fsp3) is 0.619. The summed E-state index contributed by atoms with van der Waals surface area (Å²) < 4.78 is 11.0. The molecular formula is C21H32N4O2S. The van der Waals surface area contributed by atoms with E-state index in [1.165, 1.54) is 37.7 Å². The summed E-state index contributed by atoms with van der Waals surface area (Å²) >= 11 is 5.41. The summed E-state index contributed by atoms with van der Waals surface area (Å²) in [6, 6.07) is 6.69. The number of nitrogens with one attached hydrogen (secondary N) is 2. The molecule has 1 aromatic rings. The maximum absolute atomic E-state index is 5.56. The lowest BCUT2D eigenvalue weighted by Crippen LogP contribution is -2.41. The SMILES string of the molecule is COc1ccc(/C(C)=N\NC(=S)NC2CCCCC2)cc1CN1CCOCC1. The van der Waals surface area contributed by atoms with Gasteiger partial charge in [-0.2, -0.15) is 5.10 Å². The molecule has 2 aliphatic rings. The zero-order valence-corrected chi connectivity index (χ0v) is 17.8. The number of ether oxygens (including phenoxy) is 2. The Morgan fingerprint density at radius 2 is 2.00 bits per heavy atom. The summed E-state index contributed by atoms with van der Waals surface area (Å²) in [5.41, 5.74) is 6.14. The van der Waals surface area contributed by atoms with Gasteiger partial charge < -0.3 is 14.8 Å². The van der Waals surface area contributed by atoms with Crippen molar-refractivity contribution in [3.05, 3.63) is 29.3 Å². The maximum atomic E-state index is 5.56. The van der Waals surface area contributed by atoms with Crippen LogP contribution in [-0.4, -0.2) is 55.2 Å². The monoisotopic (exact) mass is 404 g/mol. The number of benzene rings is 1. The molecular weight excluding hydrogens is 372 g/mol.